The molecule has 3 aromatic rings. The van der Waals surface area contributed by atoms with Gasteiger partial charge in [-0.2, -0.15) is 0 Å². The van der Waals surface area contributed by atoms with Crippen molar-refractivity contribution in [2.24, 2.45) is 5.92 Å². The van der Waals surface area contributed by atoms with Crippen LogP contribution >= 0.6 is 11.6 Å². The van der Waals surface area contributed by atoms with Gasteiger partial charge in [0.2, 0.25) is 21.8 Å². The Morgan fingerprint density at radius 2 is 1.60 bits per heavy atom. The zero-order valence-corrected chi connectivity index (χ0v) is 26.2. The summed E-state index contributed by atoms with van der Waals surface area (Å²) in [4.78, 5) is 29.5. The van der Waals surface area contributed by atoms with Crippen LogP contribution in [0.2, 0.25) is 5.02 Å². The Hall–Kier alpha value is -3.76. The van der Waals surface area contributed by atoms with Gasteiger partial charge in [0.25, 0.3) is 0 Å². The standard InChI is InChI=1S/C32H38ClN3O6S/c1-4-43(39,40)36(27-14-15-29-30(19-27)42-17-16-41-29)22-31(37)35(21-25-10-12-26(33)13-11-25)28(32(38)34-20-23(2)3)18-24-8-6-5-7-9-24/h5-15,19,23,28H,4,16-18,20-22H2,1-3H3,(H,34,38)/t28-/m1/s1. The highest BCUT2D eigenvalue weighted by Crippen LogP contribution is 2.35. The highest BCUT2D eigenvalue weighted by atomic mass is 35.5. The number of nitrogens with one attached hydrogen (secondary N) is 1. The number of hydrogen-bond acceptors (Lipinski definition) is 6. The first-order valence-electron chi connectivity index (χ1n) is 14.3. The Kier molecular flexibility index (Phi) is 10.9. The van der Waals surface area contributed by atoms with Crippen molar-refractivity contribution in [3.63, 3.8) is 0 Å². The summed E-state index contributed by atoms with van der Waals surface area (Å²) in [5, 5.41) is 3.51. The van der Waals surface area contributed by atoms with E-state index in [1.165, 1.54) is 11.8 Å². The van der Waals surface area contributed by atoms with E-state index in [0.29, 0.717) is 36.3 Å². The molecule has 9 nitrogen and oxygen atoms in total. The van der Waals surface area contributed by atoms with Gasteiger partial charge < -0.3 is 19.7 Å². The van der Waals surface area contributed by atoms with Gasteiger partial charge in [-0.1, -0.05) is 67.9 Å². The van der Waals surface area contributed by atoms with Crippen molar-refractivity contribution in [1.82, 2.24) is 10.2 Å². The van der Waals surface area contributed by atoms with E-state index in [-0.39, 0.29) is 36.2 Å². The molecule has 0 aromatic heterocycles. The number of hydrogen-bond donors (Lipinski definition) is 1. The first kappa shape index (κ1) is 32.2. The molecule has 0 saturated heterocycles. The molecule has 1 aliphatic heterocycles. The van der Waals surface area contributed by atoms with Crippen LogP contribution in [-0.2, 0) is 32.6 Å². The average molecular weight is 628 g/mol. The molecular formula is C32H38ClN3O6S. The molecule has 0 radical (unpaired) electrons. The zero-order valence-electron chi connectivity index (χ0n) is 24.7. The van der Waals surface area contributed by atoms with Crippen LogP contribution in [0.15, 0.2) is 72.8 Å². The van der Waals surface area contributed by atoms with E-state index in [1.54, 1.807) is 42.5 Å². The second-order valence-corrected chi connectivity index (χ2v) is 13.3. The molecule has 0 unspecified atom stereocenters. The molecule has 0 spiro atoms. The van der Waals surface area contributed by atoms with Crippen LogP contribution in [0.4, 0.5) is 5.69 Å². The SMILES string of the molecule is CCS(=O)(=O)N(CC(=O)N(Cc1ccc(Cl)cc1)[C@H](Cc1ccccc1)C(=O)NCC(C)C)c1ccc2c(c1)OCCO2. The van der Waals surface area contributed by atoms with Gasteiger partial charge in [0.15, 0.2) is 11.5 Å². The van der Waals surface area contributed by atoms with E-state index in [0.717, 1.165) is 15.4 Å². The first-order chi connectivity index (χ1) is 20.6. The molecule has 3 aromatic carbocycles. The van der Waals surface area contributed by atoms with Crippen molar-refractivity contribution < 1.29 is 27.5 Å². The topological polar surface area (TPSA) is 105 Å². The summed E-state index contributed by atoms with van der Waals surface area (Å²) in [5.41, 5.74) is 1.89. The maximum atomic E-state index is 14.3. The number of sulfonamides is 1. The molecule has 0 saturated carbocycles. The van der Waals surface area contributed by atoms with Crippen LogP contribution < -0.4 is 19.1 Å². The number of carbonyl (C=O) groups excluding carboxylic acids is 2. The Bertz CT molecular complexity index is 1500. The molecule has 1 aliphatic rings. The number of anilines is 1. The Morgan fingerprint density at radius 3 is 2.26 bits per heavy atom. The molecule has 0 bridgehead atoms. The summed E-state index contributed by atoms with van der Waals surface area (Å²) in [6, 6.07) is 20.3. The summed E-state index contributed by atoms with van der Waals surface area (Å²) in [7, 11) is -3.90. The van der Waals surface area contributed by atoms with E-state index >= 15 is 0 Å². The van der Waals surface area contributed by atoms with E-state index in [2.05, 4.69) is 5.32 Å². The highest BCUT2D eigenvalue weighted by Gasteiger charge is 2.34. The highest BCUT2D eigenvalue weighted by molar-refractivity contribution is 7.92. The van der Waals surface area contributed by atoms with Crippen molar-refractivity contribution in [1.29, 1.82) is 0 Å². The maximum Gasteiger partial charge on any atom is 0.244 e. The van der Waals surface area contributed by atoms with Crippen molar-refractivity contribution in [2.45, 2.75) is 39.8 Å². The number of ether oxygens (including phenoxy) is 2. The van der Waals surface area contributed by atoms with Crippen LogP contribution in [-0.4, -0.2) is 63.2 Å². The number of rotatable bonds is 13. The van der Waals surface area contributed by atoms with Gasteiger partial charge in [0.05, 0.1) is 11.4 Å². The van der Waals surface area contributed by atoms with Gasteiger partial charge in [0.1, 0.15) is 25.8 Å². The van der Waals surface area contributed by atoms with Gasteiger partial charge in [-0.25, -0.2) is 8.42 Å². The van der Waals surface area contributed by atoms with Crippen molar-refractivity contribution in [3.05, 3.63) is 88.9 Å². The molecule has 1 N–H and O–H groups in total. The molecule has 1 atom stereocenters. The summed E-state index contributed by atoms with van der Waals surface area (Å²) in [5.74, 6) is 0.0346. The average Bonchev–Trinajstić information content (AvgIpc) is 3.01. The number of carbonyl (C=O) groups is 2. The fourth-order valence-electron chi connectivity index (χ4n) is 4.67. The Morgan fingerprint density at radius 1 is 0.930 bits per heavy atom. The molecule has 0 fully saturated rings. The number of benzene rings is 3. The lowest BCUT2D eigenvalue weighted by atomic mass is 10.0. The number of amides is 2. The lowest BCUT2D eigenvalue weighted by molar-refractivity contribution is -0.140. The molecule has 0 aliphatic carbocycles. The van der Waals surface area contributed by atoms with Crippen LogP contribution in [0, 0.1) is 5.92 Å². The second kappa shape index (κ2) is 14.6. The van der Waals surface area contributed by atoms with Crippen molar-refractivity contribution >= 4 is 39.1 Å². The molecule has 230 valence electrons. The Balaban J connectivity index is 1.73. The summed E-state index contributed by atoms with van der Waals surface area (Å²) in [6.07, 6.45) is 0.245. The number of fused-ring (bicyclic) bond motifs is 1. The second-order valence-electron chi connectivity index (χ2n) is 10.7. The predicted molar refractivity (Wildman–Crippen MR) is 168 cm³/mol. The predicted octanol–water partition coefficient (Wildman–Crippen LogP) is 4.68. The third-order valence-electron chi connectivity index (χ3n) is 7.02. The Labute approximate surface area is 258 Å². The van der Waals surface area contributed by atoms with E-state index in [9.17, 15) is 18.0 Å². The first-order valence-corrected chi connectivity index (χ1v) is 16.3. The van der Waals surface area contributed by atoms with Crippen LogP contribution in [0.3, 0.4) is 0 Å². The molecule has 11 heteroatoms. The van der Waals surface area contributed by atoms with Gasteiger partial charge in [-0.05, 0) is 48.2 Å². The summed E-state index contributed by atoms with van der Waals surface area (Å²) >= 11 is 6.12. The van der Waals surface area contributed by atoms with Crippen LogP contribution in [0.1, 0.15) is 31.9 Å². The molecular weight excluding hydrogens is 590 g/mol. The molecule has 1 heterocycles. The zero-order chi connectivity index (χ0) is 31.0. The van der Waals surface area contributed by atoms with Gasteiger partial charge in [0, 0.05) is 30.6 Å². The summed E-state index contributed by atoms with van der Waals surface area (Å²) in [6.45, 7) is 6.22. The summed E-state index contributed by atoms with van der Waals surface area (Å²) < 4.78 is 39.1. The fraction of sp³-hybridized carbons (Fsp3) is 0.375. The largest absolute Gasteiger partial charge is 0.486 e. The maximum absolute atomic E-state index is 14.3. The van der Waals surface area contributed by atoms with Crippen molar-refractivity contribution in [2.75, 3.05) is 36.4 Å². The fourth-order valence-corrected chi connectivity index (χ4v) is 5.85. The lowest BCUT2D eigenvalue weighted by Crippen LogP contribution is -2.54. The van der Waals surface area contributed by atoms with Gasteiger partial charge >= 0.3 is 0 Å². The van der Waals surface area contributed by atoms with E-state index in [4.69, 9.17) is 21.1 Å². The van der Waals surface area contributed by atoms with Gasteiger partial charge in [-0.15, -0.1) is 0 Å². The van der Waals surface area contributed by atoms with Crippen molar-refractivity contribution in [3.8, 4) is 11.5 Å². The molecule has 43 heavy (non-hydrogen) atoms. The third kappa shape index (κ3) is 8.64. The third-order valence-corrected chi connectivity index (χ3v) is 9.01. The smallest absolute Gasteiger partial charge is 0.244 e. The number of halogens is 1. The molecule has 4 rings (SSSR count). The number of nitrogens with zero attached hydrogens (tertiary/aromatic N) is 2. The van der Waals surface area contributed by atoms with Gasteiger partial charge in [-0.3, -0.25) is 13.9 Å². The minimum atomic E-state index is -3.90. The lowest BCUT2D eigenvalue weighted by Gasteiger charge is -2.34. The van der Waals surface area contributed by atoms with Crippen LogP contribution in [0.5, 0.6) is 11.5 Å². The minimum Gasteiger partial charge on any atom is -0.486 e. The van der Waals surface area contributed by atoms with Crippen LogP contribution in [0.25, 0.3) is 0 Å². The minimum absolute atomic E-state index is 0.0732. The quantitative estimate of drug-likeness (QED) is 0.295. The molecule has 2 amide bonds. The van der Waals surface area contributed by atoms with E-state index < -0.39 is 28.5 Å². The van der Waals surface area contributed by atoms with E-state index in [1.807, 2.05) is 44.2 Å². The monoisotopic (exact) mass is 627 g/mol. The normalized spacial score (nSPS) is 13.3.